The van der Waals surface area contributed by atoms with Gasteiger partial charge >= 0.3 is 6.48 Å². The highest BCUT2D eigenvalue weighted by atomic mass is 17.1. The zero-order valence-corrected chi connectivity index (χ0v) is 29.7. The molecule has 0 fully saturated rings. The van der Waals surface area contributed by atoms with Gasteiger partial charge < -0.3 is 19.1 Å². The molecule has 11 heteroatoms. The van der Waals surface area contributed by atoms with E-state index in [-0.39, 0.29) is 11.6 Å². The molecule has 1 unspecified atom stereocenters. The van der Waals surface area contributed by atoms with Crippen LogP contribution in [0, 0.1) is 0 Å². The molecule has 11 nitrogen and oxygen atoms in total. The Labute approximate surface area is 321 Å². The molecule has 1 atom stereocenters. The maximum atomic E-state index is 9.62. The Morgan fingerprint density at radius 3 is 1.88 bits per heavy atom. The van der Waals surface area contributed by atoms with E-state index in [2.05, 4.69) is 4.89 Å². The summed E-state index contributed by atoms with van der Waals surface area (Å²) in [6.07, 6.45) is 3.37. The third-order valence-corrected chi connectivity index (χ3v) is 8.99. The Bertz CT molecular complexity index is 2660. The first kappa shape index (κ1) is 34.0. The second-order valence-electron chi connectivity index (χ2n) is 12.5. The molecule has 0 saturated carbocycles. The van der Waals surface area contributed by atoms with E-state index in [1.165, 1.54) is 0 Å². The molecule has 56 heavy (non-hydrogen) atoms. The highest BCUT2D eigenvalue weighted by molar-refractivity contribution is 5.95. The standard InChI is InChI=1S/C45H32N6O5/c52-56-40-28-16-14-26-38(40)47-30-36-42(32-19-7-2-8-20-32)49-51(34-23-11-4-12-24-34)44(36)55-45-53-39-27-15-13-25-37(39)46-29-35-41(31-17-5-1-6-18-31)48-50(43(35)54-45)33-21-9-3-10-22-33/h1-30,45,52H/b46-29+,47-30+. The zero-order valence-electron chi connectivity index (χ0n) is 29.7. The first-order valence-corrected chi connectivity index (χ1v) is 17.8. The van der Waals surface area contributed by atoms with Gasteiger partial charge in [-0.3, -0.25) is 9.98 Å². The average Bonchev–Trinajstić information content (AvgIpc) is 3.83. The SMILES string of the molecule is OOc1ccccc1/N=C/c1c(-c2ccccc2)nn(-c2ccccc2)c1OC1Oc2ccccc2/N=C/c2c(-c3ccccc3)nn(-c3ccccc3)c2O1. The summed E-state index contributed by atoms with van der Waals surface area (Å²) in [7, 11) is 0. The molecule has 272 valence electrons. The van der Waals surface area contributed by atoms with Crippen LogP contribution in [0.4, 0.5) is 11.4 Å². The van der Waals surface area contributed by atoms with Crippen LogP contribution in [0.5, 0.6) is 23.3 Å². The first-order chi connectivity index (χ1) is 27.7. The van der Waals surface area contributed by atoms with Crippen molar-refractivity contribution in [3.63, 3.8) is 0 Å². The molecule has 9 rings (SSSR count). The van der Waals surface area contributed by atoms with Crippen molar-refractivity contribution in [3.05, 3.63) is 181 Å². The summed E-state index contributed by atoms with van der Waals surface area (Å²) in [5, 5.41) is 19.8. The van der Waals surface area contributed by atoms with Crippen LogP contribution in [0.2, 0.25) is 0 Å². The van der Waals surface area contributed by atoms with E-state index >= 15 is 0 Å². The van der Waals surface area contributed by atoms with Crippen molar-refractivity contribution in [3.8, 4) is 57.1 Å². The Balaban J connectivity index is 1.25. The van der Waals surface area contributed by atoms with Crippen LogP contribution in [0.1, 0.15) is 11.1 Å². The highest BCUT2D eigenvalue weighted by Gasteiger charge is 2.31. The van der Waals surface area contributed by atoms with Crippen molar-refractivity contribution in [2.75, 3.05) is 0 Å². The van der Waals surface area contributed by atoms with Crippen molar-refractivity contribution in [1.82, 2.24) is 19.6 Å². The van der Waals surface area contributed by atoms with Crippen LogP contribution in [0.15, 0.2) is 180 Å². The molecular weight excluding hydrogens is 705 g/mol. The predicted molar refractivity (Wildman–Crippen MR) is 214 cm³/mol. The molecule has 0 aliphatic carbocycles. The molecule has 8 aromatic rings. The van der Waals surface area contributed by atoms with E-state index in [0.717, 1.165) is 16.8 Å². The van der Waals surface area contributed by atoms with Gasteiger partial charge in [0.2, 0.25) is 11.8 Å². The lowest BCUT2D eigenvalue weighted by atomic mass is 10.1. The van der Waals surface area contributed by atoms with Gasteiger partial charge in [0.25, 0.3) is 0 Å². The molecule has 1 aliphatic heterocycles. The van der Waals surface area contributed by atoms with Crippen LogP contribution in [-0.2, 0) is 0 Å². The van der Waals surface area contributed by atoms with Crippen molar-refractivity contribution in [2.24, 2.45) is 9.98 Å². The largest absolute Gasteiger partial charge is 0.420 e. The maximum Gasteiger partial charge on any atom is 0.409 e. The van der Waals surface area contributed by atoms with Gasteiger partial charge in [-0.15, -0.1) is 0 Å². The Hall–Kier alpha value is -7.76. The van der Waals surface area contributed by atoms with Crippen LogP contribution in [0.3, 0.4) is 0 Å². The van der Waals surface area contributed by atoms with Crippen LogP contribution in [0.25, 0.3) is 33.9 Å². The van der Waals surface area contributed by atoms with Gasteiger partial charge in [0, 0.05) is 23.6 Å². The lowest BCUT2D eigenvalue weighted by Gasteiger charge is -2.22. The van der Waals surface area contributed by atoms with E-state index in [1.807, 2.05) is 146 Å². The number of hydrogen-bond donors (Lipinski definition) is 1. The summed E-state index contributed by atoms with van der Waals surface area (Å²) in [5.74, 6) is 1.21. The minimum atomic E-state index is -1.41. The topological polar surface area (TPSA) is 118 Å². The second kappa shape index (κ2) is 15.3. The molecule has 0 radical (unpaired) electrons. The minimum absolute atomic E-state index is 0.179. The van der Waals surface area contributed by atoms with E-state index in [0.29, 0.717) is 51.2 Å². The molecule has 0 amide bonds. The maximum absolute atomic E-state index is 9.62. The average molecular weight is 737 g/mol. The molecule has 3 heterocycles. The number of rotatable bonds is 9. The van der Waals surface area contributed by atoms with Crippen LogP contribution >= 0.6 is 0 Å². The Morgan fingerprint density at radius 2 is 1.18 bits per heavy atom. The third-order valence-electron chi connectivity index (χ3n) is 8.99. The normalized spacial score (nSPS) is 14.0. The molecule has 1 aliphatic rings. The summed E-state index contributed by atoms with van der Waals surface area (Å²) in [5.41, 5.74) is 6.47. The summed E-state index contributed by atoms with van der Waals surface area (Å²) in [6, 6.07) is 53.2. The number of para-hydroxylation sites is 6. The number of nitrogens with zero attached hydrogens (tertiary/aromatic N) is 6. The van der Waals surface area contributed by atoms with Gasteiger partial charge in [0.15, 0.2) is 11.5 Å². The lowest BCUT2D eigenvalue weighted by molar-refractivity contribution is -0.145. The van der Waals surface area contributed by atoms with Crippen molar-refractivity contribution >= 4 is 23.8 Å². The molecule has 2 aromatic heterocycles. The zero-order chi connectivity index (χ0) is 37.7. The molecule has 0 spiro atoms. The van der Waals surface area contributed by atoms with Crippen molar-refractivity contribution < 1.29 is 24.4 Å². The fourth-order valence-electron chi connectivity index (χ4n) is 6.33. The molecule has 0 saturated heterocycles. The fraction of sp³-hybridized carbons (Fsp3) is 0.0222. The van der Waals surface area contributed by atoms with Gasteiger partial charge in [-0.1, -0.05) is 121 Å². The van der Waals surface area contributed by atoms with Crippen molar-refractivity contribution in [2.45, 2.75) is 6.48 Å². The molecular formula is C45H32N6O5. The van der Waals surface area contributed by atoms with Crippen LogP contribution < -0.4 is 19.1 Å². The molecule has 1 N–H and O–H groups in total. The van der Waals surface area contributed by atoms with E-state index in [1.54, 1.807) is 46.1 Å². The number of ether oxygens (including phenoxy) is 3. The van der Waals surface area contributed by atoms with E-state index in [4.69, 9.17) is 34.4 Å². The summed E-state index contributed by atoms with van der Waals surface area (Å²) < 4.78 is 23.8. The highest BCUT2D eigenvalue weighted by Crippen LogP contribution is 2.39. The van der Waals surface area contributed by atoms with Crippen LogP contribution in [-0.4, -0.2) is 43.7 Å². The van der Waals surface area contributed by atoms with Crippen molar-refractivity contribution in [1.29, 1.82) is 0 Å². The lowest BCUT2D eigenvalue weighted by Crippen LogP contribution is -2.32. The number of fused-ring (bicyclic) bond motifs is 2. The quantitative estimate of drug-likeness (QED) is 0.0891. The minimum Gasteiger partial charge on any atom is -0.420 e. The predicted octanol–water partition coefficient (Wildman–Crippen LogP) is 9.88. The Morgan fingerprint density at radius 1 is 0.607 bits per heavy atom. The summed E-state index contributed by atoms with van der Waals surface area (Å²) in [4.78, 5) is 14.3. The van der Waals surface area contributed by atoms with Gasteiger partial charge in [-0.25, -0.2) is 5.26 Å². The summed E-state index contributed by atoms with van der Waals surface area (Å²) >= 11 is 0. The van der Waals surface area contributed by atoms with E-state index < -0.39 is 6.48 Å². The van der Waals surface area contributed by atoms with Gasteiger partial charge in [-0.05, 0) is 48.5 Å². The number of aliphatic imine (C=N–C) groups is 2. The van der Waals surface area contributed by atoms with E-state index in [9.17, 15) is 5.26 Å². The molecule has 6 aromatic carbocycles. The second-order valence-corrected chi connectivity index (χ2v) is 12.5. The number of hydrogen-bond acceptors (Lipinski definition) is 9. The van der Waals surface area contributed by atoms with Gasteiger partial charge in [0.05, 0.1) is 22.5 Å². The van der Waals surface area contributed by atoms with Gasteiger partial charge in [0.1, 0.15) is 22.8 Å². The van der Waals surface area contributed by atoms with Gasteiger partial charge in [-0.2, -0.15) is 19.6 Å². The monoisotopic (exact) mass is 736 g/mol. The fourth-order valence-corrected chi connectivity index (χ4v) is 6.33. The number of benzene rings is 6. The first-order valence-electron chi connectivity index (χ1n) is 17.8. The third kappa shape index (κ3) is 6.77. The molecule has 0 bridgehead atoms. The number of aromatic nitrogens is 4. The summed E-state index contributed by atoms with van der Waals surface area (Å²) in [6.45, 7) is -1.41. The Kier molecular flexibility index (Phi) is 9.30. The smallest absolute Gasteiger partial charge is 0.409 e.